The predicted octanol–water partition coefficient (Wildman–Crippen LogP) is 3.85. The van der Waals surface area contributed by atoms with Gasteiger partial charge in [-0.05, 0) is 30.4 Å². The lowest BCUT2D eigenvalue weighted by atomic mass is 9.68. The first kappa shape index (κ1) is 18.9. The molecule has 148 valence electrons. The van der Waals surface area contributed by atoms with Crippen molar-refractivity contribution < 1.29 is 23.8 Å². The lowest BCUT2D eigenvalue weighted by Crippen LogP contribution is -2.38. The van der Waals surface area contributed by atoms with Gasteiger partial charge in [-0.15, -0.1) is 0 Å². The van der Waals surface area contributed by atoms with Crippen molar-refractivity contribution >= 4 is 23.4 Å². The normalized spacial score (nSPS) is 22.8. The molecule has 1 aromatic carbocycles. The molecule has 0 fully saturated rings. The maximum atomic E-state index is 13.2. The van der Waals surface area contributed by atoms with Crippen LogP contribution in [-0.2, 0) is 14.3 Å². The molecular weight excluding hydrogens is 382 g/mol. The molecule has 0 unspecified atom stereocenters. The number of nitrogens with one attached hydrogen (secondary N) is 1. The average molecular weight is 404 g/mol. The van der Waals surface area contributed by atoms with Crippen molar-refractivity contribution in [3.63, 3.8) is 0 Å². The lowest BCUT2D eigenvalue weighted by molar-refractivity contribution is -0.136. The number of carbonyl (C=O) groups excluding carboxylic acids is 2. The number of ketones is 1. The van der Waals surface area contributed by atoms with Gasteiger partial charge in [0.2, 0.25) is 6.79 Å². The Kier molecular flexibility index (Phi) is 4.42. The summed E-state index contributed by atoms with van der Waals surface area (Å²) in [4.78, 5) is 25.8. The van der Waals surface area contributed by atoms with E-state index in [1.54, 1.807) is 12.1 Å². The fourth-order valence-electron chi connectivity index (χ4n) is 4.28. The Morgan fingerprint density at radius 2 is 1.93 bits per heavy atom. The highest BCUT2D eigenvalue weighted by molar-refractivity contribution is 6.32. The molecule has 0 amide bonds. The molecule has 0 saturated heterocycles. The van der Waals surface area contributed by atoms with Crippen LogP contribution in [0.4, 0.5) is 0 Å². The van der Waals surface area contributed by atoms with Gasteiger partial charge in [0.25, 0.3) is 0 Å². The van der Waals surface area contributed by atoms with Gasteiger partial charge in [0, 0.05) is 40.4 Å². The second-order valence-electron chi connectivity index (χ2n) is 8.15. The third-order valence-electron chi connectivity index (χ3n) is 5.45. The highest BCUT2D eigenvalue weighted by atomic mass is 35.5. The highest BCUT2D eigenvalue weighted by Crippen LogP contribution is 2.50. The number of dihydropyridines is 1. The van der Waals surface area contributed by atoms with Crippen LogP contribution in [0.3, 0.4) is 0 Å². The number of ether oxygens (including phenoxy) is 3. The zero-order valence-electron chi connectivity index (χ0n) is 16.3. The topological polar surface area (TPSA) is 73.9 Å². The lowest BCUT2D eigenvalue weighted by Gasteiger charge is -2.39. The zero-order valence-corrected chi connectivity index (χ0v) is 17.0. The summed E-state index contributed by atoms with van der Waals surface area (Å²) in [7, 11) is 1.33. The Balaban J connectivity index is 1.94. The molecule has 0 saturated carbocycles. The number of fused-ring (bicyclic) bond motifs is 1. The maximum Gasteiger partial charge on any atom is 0.336 e. The summed E-state index contributed by atoms with van der Waals surface area (Å²) < 4.78 is 15.9. The molecule has 3 aliphatic rings. The summed E-state index contributed by atoms with van der Waals surface area (Å²) in [6.07, 6.45) is 1.11. The molecule has 6 nitrogen and oxygen atoms in total. The van der Waals surface area contributed by atoms with Crippen molar-refractivity contribution in [2.24, 2.45) is 5.41 Å². The number of benzene rings is 1. The molecule has 4 rings (SSSR count). The highest BCUT2D eigenvalue weighted by Gasteiger charge is 2.44. The van der Waals surface area contributed by atoms with E-state index in [0.717, 1.165) is 5.70 Å². The Morgan fingerprint density at radius 3 is 2.61 bits per heavy atom. The van der Waals surface area contributed by atoms with Crippen molar-refractivity contribution in [1.82, 2.24) is 5.32 Å². The van der Waals surface area contributed by atoms with Crippen LogP contribution in [0.1, 0.15) is 45.1 Å². The fraction of sp³-hybridized carbons (Fsp3) is 0.429. The average Bonchev–Trinajstić information content (AvgIpc) is 3.05. The molecule has 2 heterocycles. The van der Waals surface area contributed by atoms with E-state index in [0.29, 0.717) is 51.8 Å². The Morgan fingerprint density at radius 1 is 1.25 bits per heavy atom. The summed E-state index contributed by atoms with van der Waals surface area (Å²) in [5.74, 6) is -0.00699. The van der Waals surface area contributed by atoms with E-state index >= 15 is 0 Å². The number of Topliss-reactive ketones (excluding diaryl/α,β-unsaturated/α-hetero) is 1. The Hall–Kier alpha value is -2.47. The van der Waals surface area contributed by atoms with Gasteiger partial charge in [0.05, 0.1) is 12.7 Å². The molecule has 0 aromatic heterocycles. The van der Waals surface area contributed by atoms with Crippen molar-refractivity contribution in [3.8, 4) is 11.5 Å². The third kappa shape index (κ3) is 2.96. The van der Waals surface area contributed by atoms with Crippen molar-refractivity contribution in [1.29, 1.82) is 0 Å². The van der Waals surface area contributed by atoms with Crippen LogP contribution >= 0.6 is 11.6 Å². The molecule has 7 heteroatoms. The standard InChI is InChI=1S/C21H22ClNO5/c1-10-17(20(25)26-4)18(11-5-15-16(6-12(11)22)28-9-27-15)19-13(23-10)7-21(2,3)8-14(19)24/h5-6,18,23H,7-9H2,1-4H3/t18-/m0/s1. The van der Waals surface area contributed by atoms with Crippen LogP contribution in [0, 0.1) is 5.41 Å². The SMILES string of the molecule is COC(=O)C1=C(C)NC2=C(C(=O)CC(C)(C)C2)[C@H]1c1cc2c(cc1Cl)OCO2. The van der Waals surface area contributed by atoms with E-state index < -0.39 is 11.9 Å². The molecule has 2 aliphatic heterocycles. The van der Waals surface area contributed by atoms with E-state index in [2.05, 4.69) is 19.2 Å². The van der Waals surface area contributed by atoms with Crippen LogP contribution in [0.25, 0.3) is 0 Å². The minimum atomic E-state index is -0.616. The third-order valence-corrected chi connectivity index (χ3v) is 5.78. The van der Waals surface area contributed by atoms with Crippen molar-refractivity contribution in [2.45, 2.75) is 39.5 Å². The minimum absolute atomic E-state index is 0.00591. The second-order valence-corrected chi connectivity index (χ2v) is 8.56. The van der Waals surface area contributed by atoms with Gasteiger partial charge in [-0.2, -0.15) is 0 Å². The van der Waals surface area contributed by atoms with Crippen molar-refractivity contribution in [3.05, 3.63) is 45.3 Å². The first-order chi connectivity index (χ1) is 13.2. The van der Waals surface area contributed by atoms with E-state index in [-0.39, 0.29) is 18.0 Å². The Labute approximate surface area is 168 Å². The van der Waals surface area contributed by atoms with Crippen LogP contribution in [0.5, 0.6) is 11.5 Å². The first-order valence-electron chi connectivity index (χ1n) is 9.13. The molecule has 1 N–H and O–H groups in total. The molecule has 0 spiro atoms. The molecule has 0 radical (unpaired) electrons. The van der Waals surface area contributed by atoms with Gasteiger partial charge in [-0.25, -0.2) is 4.79 Å². The summed E-state index contributed by atoms with van der Waals surface area (Å²) in [5, 5.41) is 3.69. The maximum absolute atomic E-state index is 13.2. The van der Waals surface area contributed by atoms with Gasteiger partial charge in [-0.3, -0.25) is 4.79 Å². The molecule has 1 aliphatic carbocycles. The molecule has 0 bridgehead atoms. The minimum Gasteiger partial charge on any atom is -0.466 e. The zero-order chi connectivity index (χ0) is 20.2. The number of hydrogen-bond donors (Lipinski definition) is 1. The number of allylic oxidation sites excluding steroid dienone is 3. The second kappa shape index (κ2) is 6.55. The number of carbonyl (C=O) groups is 2. The quantitative estimate of drug-likeness (QED) is 0.756. The van der Waals surface area contributed by atoms with Gasteiger partial charge < -0.3 is 19.5 Å². The summed E-state index contributed by atoms with van der Waals surface area (Å²) in [6, 6.07) is 3.43. The van der Waals surface area contributed by atoms with Crippen LogP contribution in [0.2, 0.25) is 5.02 Å². The summed E-state index contributed by atoms with van der Waals surface area (Å²) in [5.41, 5.74) is 2.93. The van der Waals surface area contributed by atoms with E-state index in [4.69, 9.17) is 25.8 Å². The molecule has 1 atom stereocenters. The number of esters is 1. The molecule has 28 heavy (non-hydrogen) atoms. The predicted molar refractivity (Wildman–Crippen MR) is 103 cm³/mol. The van der Waals surface area contributed by atoms with E-state index in [1.165, 1.54) is 7.11 Å². The van der Waals surface area contributed by atoms with E-state index in [1.807, 2.05) is 6.92 Å². The number of hydrogen-bond acceptors (Lipinski definition) is 6. The molecular formula is C21H22ClNO5. The largest absolute Gasteiger partial charge is 0.466 e. The number of methoxy groups -OCH3 is 1. The monoisotopic (exact) mass is 403 g/mol. The smallest absolute Gasteiger partial charge is 0.336 e. The summed E-state index contributed by atoms with van der Waals surface area (Å²) in [6.45, 7) is 6.05. The van der Waals surface area contributed by atoms with Crippen LogP contribution in [0.15, 0.2) is 34.7 Å². The van der Waals surface area contributed by atoms with Gasteiger partial charge in [0.15, 0.2) is 17.3 Å². The number of halogens is 1. The summed E-state index contributed by atoms with van der Waals surface area (Å²) >= 11 is 6.57. The fourth-order valence-corrected chi connectivity index (χ4v) is 4.54. The van der Waals surface area contributed by atoms with Gasteiger partial charge in [-0.1, -0.05) is 25.4 Å². The van der Waals surface area contributed by atoms with E-state index in [9.17, 15) is 9.59 Å². The molecule has 1 aromatic rings. The van der Waals surface area contributed by atoms with Crippen molar-refractivity contribution in [2.75, 3.05) is 13.9 Å². The number of rotatable bonds is 2. The van der Waals surface area contributed by atoms with Gasteiger partial charge in [0.1, 0.15) is 0 Å². The van der Waals surface area contributed by atoms with Gasteiger partial charge >= 0.3 is 5.97 Å². The van der Waals surface area contributed by atoms with Crippen LogP contribution < -0.4 is 14.8 Å². The van der Waals surface area contributed by atoms with Crippen LogP contribution in [-0.4, -0.2) is 25.7 Å². The Bertz CT molecular complexity index is 960. The first-order valence-corrected chi connectivity index (χ1v) is 9.51.